The summed E-state index contributed by atoms with van der Waals surface area (Å²) in [5.41, 5.74) is 2.69. The van der Waals surface area contributed by atoms with E-state index in [2.05, 4.69) is 34.1 Å². The predicted molar refractivity (Wildman–Crippen MR) is 113 cm³/mol. The molecule has 3 aliphatic rings. The summed E-state index contributed by atoms with van der Waals surface area (Å²) in [4.78, 5) is 18.0. The van der Waals surface area contributed by atoms with Crippen LogP contribution in [0.3, 0.4) is 0 Å². The van der Waals surface area contributed by atoms with Crippen LogP contribution in [-0.2, 0) is 17.8 Å². The topological polar surface area (TPSA) is 62.6 Å². The average Bonchev–Trinajstić information content (AvgIpc) is 3.15. The van der Waals surface area contributed by atoms with E-state index in [1.807, 2.05) is 4.68 Å². The largest absolute Gasteiger partial charge is 0.376 e. The van der Waals surface area contributed by atoms with Gasteiger partial charge in [0.2, 0.25) is 0 Å². The Morgan fingerprint density at radius 1 is 1.17 bits per heavy atom. The van der Waals surface area contributed by atoms with E-state index in [9.17, 15) is 4.79 Å². The van der Waals surface area contributed by atoms with Gasteiger partial charge < -0.3 is 19.9 Å². The Balaban J connectivity index is 1.25. The molecule has 0 aliphatic carbocycles. The first kappa shape index (κ1) is 20.8. The first-order chi connectivity index (χ1) is 14.1. The summed E-state index contributed by atoms with van der Waals surface area (Å²) in [6.45, 7) is 11.9. The molecule has 1 amide bonds. The highest BCUT2D eigenvalue weighted by atomic mass is 16.5. The Hall–Kier alpha value is -1.44. The van der Waals surface area contributed by atoms with Crippen molar-refractivity contribution in [1.29, 1.82) is 0 Å². The second-order valence-corrected chi connectivity index (χ2v) is 9.04. The molecule has 4 rings (SSSR count). The molecule has 0 radical (unpaired) electrons. The van der Waals surface area contributed by atoms with Gasteiger partial charge in [0.1, 0.15) is 0 Å². The molecule has 0 aromatic carbocycles. The summed E-state index contributed by atoms with van der Waals surface area (Å²) >= 11 is 0. The Morgan fingerprint density at radius 3 is 2.66 bits per heavy atom. The average molecular weight is 404 g/mol. The fourth-order valence-electron chi connectivity index (χ4n) is 5.08. The molecular weight excluding hydrogens is 366 g/mol. The van der Waals surface area contributed by atoms with E-state index in [-0.39, 0.29) is 11.9 Å². The molecule has 0 bridgehead atoms. The fraction of sp³-hybridized carbons (Fsp3) is 0.818. The van der Waals surface area contributed by atoms with Crippen molar-refractivity contribution in [3.05, 3.63) is 17.0 Å². The van der Waals surface area contributed by atoms with E-state index in [1.54, 1.807) is 0 Å². The standard InChI is InChI=1S/C22H37N5O2/c1-17(2)27-20-8-15-29-16-19(20)21(24-27)22(28)23-9-14-25-12-6-18(7-13-25)26-10-4-3-5-11-26/h17-18H,3-16H2,1-2H3,(H,23,28). The fourth-order valence-corrected chi connectivity index (χ4v) is 5.08. The highest BCUT2D eigenvalue weighted by molar-refractivity contribution is 5.94. The zero-order valence-corrected chi connectivity index (χ0v) is 18.2. The number of carbonyl (C=O) groups excluding carboxylic acids is 1. The summed E-state index contributed by atoms with van der Waals surface area (Å²) in [6.07, 6.45) is 7.50. The Bertz CT molecular complexity index is 688. The summed E-state index contributed by atoms with van der Waals surface area (Å²) in [7, 11) is 0. The number of ether oxygens (including phenoxy) is 1. The van der Waals surface area contributed by atoms with Crippen LogP contribution in [0.4, 0.5) is 0 Å². The van der Waals surface area contributed by atoms with E-state index in [0.29, 0.717) is 25.5 Å². The van der Waals surface area contributed by atoms with E-state index in [0.717, 1.165) is 43.4 Å². The van der Waals surface area contributed by atoms with Crippen LogP contribution >= 0.6 is 0 Å². The molecule has 2 fully saturated rings. The zero-order chi connectivity index (χ0) is 20.2. The van der Waals surface area contributed by atoms with Gasteiger partial charge in [0.15, 0.2) is 5.69 Å². The van der Waals surface area contributed by atoms with Crippen molar-refractivity contribution < 1.29 is 9.53 Å². The quantitative estimate of drug-likeness (QED) is 0.789. The maximum Gasteiger partial charge on any atom is 0.272 e. The Labute approximate surface area is 174 Å². The van der Waals surface area contributed by atoms with Gasteiger partial charge in [0.25, 0.3) is 5.91 Å². The molecule has 7 nitrogen and oxygen atoms in total. The van der Waals surface area contributed by atoms with Crippen molar-refractivity contribution in [2.75, 3.05) is 45.9 Å². The molecule has 0 unspecified atom stereocenters. The van der Waals surface area contributed by atoms with Crippen molar-refractivity contribution >= 4 is 5.91 Å². The van der Waals surface area contributed by atoms with Gasteiger partial charge >= 0.3 is 0 Å². The highest BCUT2D eigenvalue weighted by Gasteiger charge is 2.27. The number of fused-ring (bicyclic) bond motifs is 1. The molecule has 1 N–H and O–H groups in total. The maximum atomic E-state index is 12.8. The van der Waals surface area contributed by atoms with Gasteiger partial charge in [0.05, 0.1) is 13.2 Å². The van der Waals surface area contributed by atoms with E-state index < -0.39 is 0 Å². The van der Waals surface area contributed by atoms with Crippen LogP contribution in [0.2, 0.25) is 0 Å². The molecule has 0 saturated carbocycles. The van der Waals surface area contributed by atoms with Gasteiger partial charge in [-0.05, 0) is 65.7 Å². The first-order valence-electron chi connectivity index (χ1n) is 11.6. The van der Waals surface area contributed by atoms with Crippen molar-refractivity contribution in [1.82, 2.24) is 24.9 Å². The predicted octanol–water partition coefficient (Wildman–Crippen LogP) is 2.22. The number of piperidine rings is 2. The zero-order valence-electron chi connectivity index (χ0n) is 18.2. The van der Waals surface area contributed by atoms with Gasteiger partial charge in [-0.1, -0.05) is 6.42 Å². The first-order valence-corrected chi connectivity index (χ1v) is 11.6. The summed E-state index contributed by atoms with van der Waals surface area (Å²) < 4.78 is 7.59. The van der Waals surface area contributed by atoms with Gasteiger partial charge in [-0.25, -0.2) is 0 Å². The molecule has 7 heteroatoms. The van der Waals surface area contributed by atoms with Gasteiger partial charge in [-0.3, -0.25) is 9.48 Å². The SMILES string of the molecule is CC(C)n1nc(C(=O)NCCN2CCC(N3CCCCC3)CC2)c2c1CCOC2. The van der Waals surface area contributed by atoms with Crippen LogP contribution in [0.5, 0.6) is 0 Å². The lowest BCUT2D eigenvalue weighted by Gasteiger charge is -2.40. The van der Waals surface area contributed by atoms with Crippen LogP contribution in [-0.4, -0.2) is 77.4 Å². The minimum Gasteiger partial charge on any atom is -0.376 e. The van der Waals surface area contributed by atoms with Crippen LogP contribution in [0, 0.1) is 0 Å². The number of carbonyl (C=O) groups is 1. The molecule has 1 aromatic rings. The van der Waals surface area contributed by atoms with Gasteiger partial charge in [-0.2, -0.15) is 5.10 Å². The molecule has 4 heterocycles. The van der Waals surface area contributed by atoms with Crippen molar-refractivity contribution in [3.8, 4) is 0 Å². The number of rotatable bonds is 6. The van der Waals surface area contributed by atoms with Gasteiger partial charge in [-0.15, -0.1) is 0 Å². The normalized spacial score (nSPS) is 22.0. The molecule has 3 aliphatic heterocycles. The monoisotopic (exact) mass is 403 g/mol. The molecule has 162 valence electrons. The molecule has 29 heavy (non-hydrogen) atoms. The number of nitrogens with zero attached hydrogens (tertiary/aromatic N) is 4. The van der Waals surface area contributed by atoms with Crippen LogP contribution in [0.15, 0.2) is 0 Å². The summed E-state index contributed by atoms with van der Waals surface area (Å²) in [5, 5.41) is 7.72. The highest BCUT2D eigenvalue weighted by Crippen LogP contribution is 2.24. The third kappa shape index (κ3) is 4.84. The number of aromatic nitrogens is 2. The lowest BCUT2D eigenvalue weighted by Crippen LogP contribution is -2.48. The Kier molecular flexibility index (Phi) is 6.88. The molecule has 0 atom stereocenters. The van der Waals surface area contributed by atoms with Crippen LogP contribution < -0.4 is 5.32 Å². The van der Waals surface area contributed by atoms with E-state index in [4.69, 9.17) is 4.74 Å². The smallest absolute Gasteiger partial charge is 0.272 e. The molecular formula is C22H37N5O2. The van der Waals surface area contributed by atoms with Crippen molar-refractivity contribution in [2.24, 2.45) is 0 Å². The van der Waals surface area contributed by atoms with Gasteiger partial charge in [0, 0.05) is 42.9 Å². The number of nitrogens with one attached hydrogen (secondary N) is 1. The van der Waals surface area contributed by atoms with E-state index in [1.165, 1.54) is 45.2 Å². The van der Waals surface area contributed by atoms with Crippen molar-refractivity contribution in [3.63, 3.8) is 0 Å². The number of likely N-dealkylation sites (tertiary alicyclic amines) is 2. The number of hydrogen-bond donors (Lipinski definition) is 1. The molecule has 2 saturated heterocycles. The third-order valence-corrected chi connectivity index (χ3v) is 6.73. The number of amides is 1. The summed E-state index contributed by atoms with van der Waals surface area (Å²) in [6, 6.07) is 1.03. The third-order valence-electron chi connectivity index (χ3n) is 6.73. The Morgan fingerprint density at radius 2 is 1.93 bits per heavy atom. The lowest BCUT2D eigenvalue weighted by atomic mass is 10.00. The molecule has 0 spiro atoms. The summed E-state index contributed by atoms with van der Waals surface area (Å²) in [5.74, 6) is -0.0608. The number of hydrogen-bond acceptors (Lipinski definition) is 5. The lowest BCUT2D eigenvalue weighted by molar-refractivity contribution is 0.0869. The van der Waals surface area contributed by atoms with Crippen molar-refractivity contribution in [2.45, 2.75) is 71.1 Å². The second kappa shape index (κ2) is 9.58. The molecule has 1 aromatic heterocycles. The maximum absolute atomic E-state index is 12.8. The minimum atomic E-state index is -0.0608. The minimum absolute atomic E-state index is 0.0608. The second-order valence-electron chi connectivity index (χ2n) is 9.04. The van der Waals surface area contributed by atoms with Crippen LogP contribution in [0.25, 0.3) is 0 Å². The van der Waals surface area contributed by atoms with Crippen LogP contribution in [0.1, 0.15) is 73.7 Å². The van der Waals surface area contributed by atoms with E-state index >= 15 is 0 Å².